The van der Waals surface area contributed by atoms with Gasteiger partial charge in [0.2, 0.25) is 0 Å². The molecule has 18 heavy (non-hydrogen) atoms. The summed E-state index contributed by atoms with van der Waals surface area (Å²) in [4.78, 5) is 14.4. The quantitative estimate of drug-likeness (QED) is 0.871. The molecule has 1 aromatic heterocycles. The molecule has 1 saturated carbocycles. The highest BCUT2D eigenvalue weighted by atomic mass is 16.2. The molecule has 0 saturated heterocycles. The molecule has 2 N–H and O–H groups in total. The Morgan fingerprint density at radius 1 is 1.56 bits per heavy atom. The smallest absolute Gasteiger partial charge is 0.270 e. The summed E-state index contributed by atoms with van der Waals surface area (Å²) >= 11 is 0. The van der Waals surface area contributed by atoms with Crippen LogP contribution in [-0.4, -0.2) is 28.5 Å². The Balaban J connectivity index is 2.21. The Morgan fingerprint density at radius 3 is 2.72 bits per heavy atom. The van der Waals surface area contributed by atoms with E-state index in [2.05, 4.69) is 18.4 Å². The molecule has 0 aliphatic heterocycles. The lowest BCUT2D eigenvalue weighted by Gasteiger charge is -2.23. The molecule has 1 amide bonds. The zero-order valence-corrected chi connectivity index (χ0v) is 11.5. The first-order valence-electron chi connectivity index (χ1n) is 6.79. The highest BCUT2D eigenvalue weighted by Gasteiger charge is 2.29. The van der Waals surface area contributed by atoms with Crippen LogP contribution in [0.4, 0.5) is 5.69 Å². The Hall–Kier alpha value is -1.45. The molecule has 0 aromatic carbocycles. The molecule has 0 bridgehead atoms. The third-order valence-electron chi connectivity index (χ3n) is 3.28. The van der Waals surface area contributed by atoms with E-state index in [-0.39, 0.29) is 5.91 Å². The molecule has 4 heteroatoms. The van der Waals surface area contributed by atoms with Crippen LogP contribution in [-0.2, 0) is 0 Å². The van der Waals surface area contributed by atoms with E-state index in [9.17, 15) is 4.79 Å². The minimum atomic E-state index is 0.106. The van der Waals surface area contributed by atoms with E-state index in [1.807, 2.05) is 24.1 Å². The van der Waals surface area contributed by atoms with Crippen molar-refractivity contribution in [3.05, 3.63) is 18.0 Å². The third kappa shape index (κ3) is 2.68. The predicted octanol–water partition coefficient (Wildman–Crippen LogP) is 2.52. The van der Waals surface area contributed by atoms with Crippen molar-refractivity contribution in [3.8, 4) is 0 Å². The fourth-order valence-electron chi connectivity index (χ4n) is 2.29. The number of rotatable bonds is 5. The van der Waals surface area contributed by atoms with Gasteiger partial charge >= 0.3 is 0 Å². The normalized spacial score (nSPS) is 15.1. The summed E-state index contributed by atoms with van der Waals surface area (Å²) in [5, 5.41) is 0. The first-order chi connectivity index (χ1) is 8.52. The monoisotopic (exact) mass is 249 g/mol. The van der Waals surface area contributed by atoms with Gasteiger partial charge in [0.25, 0.3) is 5.91 Å². The number of hydrogen-bond donors (Lipinski definition) is 1. The van der Waals surface area contributed by atoms with E-state index in [1.54, 1.807) is 0 Å². The van der Waals surface area contributed by atoms with Crippen molar-refractivity contribution in [3.63, 3.8) is 0 Å². The van der Waals surface area contributed by atoms with Gasteiger partial charge in [-0.05, 0) is 31.7 Å². The molecule has 100 valence electrons. The van der Waals surface area contributed by atoms with Crippen LogP contribution >= 0.6 is 0 Å². The number of nitrogens with zero attached hydrogens (tertiary/aromatic N) is 2. The summed E-state index contributed by atoms with van der Waals surface area (Å²) in [6.07, 6.45) is 4.21. The summed E-state index contributed by atoms with van der Waals surface area (Å²) in [6.45, 7) is 7.82. The average Bonchev–Trinajstić information content (AvgIpc) is 3.08. The standard InChI is InChI=1S/C14H23N3O/c1-4-16(8-10(2)3)14(18)13-7-11(15)9-17(13)12-5-6-12/h7,9-10,12H,4-6,8,15H2,1-3H3. The molecule has 1 aliphatic rings. The first kappa shape index (κ1) is 13.0. The second-order valence-electron chi connectivity index (χ2n) is 5.53. The number of amides is 1. The van der Waals surface area contributed by atoms with Crippen molar-refractivity contribution >= 4 is 11.6 Å². The zero-order valence-electron chi connectivity index (χ0n) is 11.5. The highest BCUT2D eigenvalue weighted by Crippen LogP contribution is 2.37. The number of anilines is 1. The SMILES string of the molecule is CCN(CC(C)C)C(=O)c1cc(N)cn1C1CC1. The minimum Gasteiger partial charge on any atom is -0.397 e. The van der Waals surface area contributed by atoms with E-state index in [0.29, 0.717) is 17.6 Å². The maximum atomic E-state index is 12.5. The third-order valence-corrected chi connectivity index (χ3v) is 3.28. The number of carbonyl (C=O) groups excluding carboxylic acids is 1. The Labute approximate surface area is 109 Å². The fraction of sp³-hybridized carbons (Fsp3) is 0.643. The summed E-state index contributed by atoms with van der Waals surface area (Å²) in [7, 11) is 0. The summed E-state index contributed by atoms with van der Waals surface area (Å²) in [5.74, 6) is 0.588. The molecule has 1 aromatic rings. The van der Waals surface area contributed by atoms with Gasteiger partial charge in [-0.2, -0.15) is 0 Å². The molecule has 2 rings (SSSR count). The van der Waals surface area contributed by atoms with Crippen molar-refractivity contribution in [2.45, 2.75) is 39.7 Å². The lowest BCUT2D eigenvalue weighted by Crippen LogP contribution is -2.35. The van der Waals surface area contributed by atoms with Gasteiger partial charge in [-0.25, -0.2) is 0 Å². The predicted molar refractivity (Wildman–Crippen MR) is 73.5 cm³/mol. The van der Waals surface area contributed by atoms with Crippen molar-refractivity contribution in [2.75, 3.05) is 18.8 Å². The van der Waals surface area contributed by atoms with Crippen molar-refractivity contribution in [1.29, 1.82) is 0 Å². The van der Waals surface area contributed by atoms with Gasteiger partial charge < -0.3 is 15.2 Å². The first-order valence-corrected chi connectivity index (χ1v) is 6.79. The van der Waals surface area contributed by atoms with Crippen LogP contribution in [0.15, 0.2) is 12.3 Å². The molecule has 1 aliphatic carbocycles. The number of aromatic nitrogens is 1. The Kier molecular flexibility index (Phi) is 3.64. The number of nitrogen functional groups attached to an aromatic ring is 1. The van der Waals surface area contributed by atoms with Gasteiger partial charge in [0.15, 0.2) is 0 Å². The van der Waals surface area contributed by atoms with E-state index < -0.39 is 0 Å². The maximum Gasteiger partial charge on any atom is 0.270 e. The second kappa shape index (κ2) is 5.04. The lowest BCUT2D eigenvalue weighted by atomic mass is 10.2. The van der Waals surface area contributed by atoms with E-state index in [0.717, 1.165) is 31.6 Å². The van der Waals surface area contributed by atoms with Gasteiger partial charge in [0.05, 0.1) is 5.69 Å². The topological polar surface area (TPSA) is 51.3 Å². The van der Waals surface area contributed by atoms with E-state index in [4.69, 9.17) is 5.73 Å². The zero-order chi connectivity index (χ0) is 13.3. The van der Waals surface area contributed by atoms with Crippen molar-refractivity contribution < 1.29 is 4.79 Å². The Bertz CT molecular complexity index is 432. The van der Waals surface area contributed by atoms with Crippen LogP contribution in [0.5, 0.6) is 0 Å². The molecular formula is C14H23N3O. The largest absolute Gasteiger partial charge is 0.397 e. The number of hydrogen-bond acceptors (Lipinski definition) is 2. The average molecular weight is 249 g/mol. The molecule has 0 unspecified atom stereocenters. The van der Waals surface area contributed by atoms with Gasteiger partial charge in [-0.15, -0.1) is 0 Å². The van der Waals surface area contributed by atoms with Crippen LogP contribution in [0, 0.1) is 5.92 Å². The van der Waals surface area contributed by atoms with E-state index >= 15 is 0 Å². The second-order valence-corrected chi connectivity index (χ2v) is 5.53. The highest BCUT2D eigenvalue weighted by molar-refractivity contribution is 5.94. The molecule has 1 heterocycles. The van der Waals surface area contributed by atoms with Gasteiger partial charge in [-0.3, -0.25) is 4.79 Å². The van der Waals surface area contributed by atoms with Gasteiger partial charge in [0.1, 0.15) is 5.69 Å². The van der Waals surface area contributed by atoms with Gasteiger partial charge in [-0.1, -0.05) is 13.8 Å². The lowest BCUT2D eigenvalue weighted by molar-refractivity contribution is 0.0734. The number of carbonyl (C=O) groups is 1. The van der Waals surface area contributed by atoms with E-state index in [1.165, 1.54) is 0 Å². The molecule has 4 nitrogen and oxygen atoms in total. The Morgan fingerprint density at radius 2 is 2.22 bits per heavy atom. The molecule has 0 spiro atoms. The van der Waals surface area contributed by atoms with Crippen molar-refractivity contribution in [1.82, 2.24) is 9.47 Å². The number of nitrogens with two attached hydrogens (primary N) is 1. The summed E-state index contributed by atoms with van der Waals surface area (Å²) in [6, 6.07) is 2.29. The van der Waals surface area contributed by atoms with Gasteiger partial charge in [0, 0.05) is 25.3 Å². The molecular weight excluding hydrogens is 226 g/mol. The maximum absolute atomic E-state index is 12.5. The van der Waals surface area contributed by atoms with Crippen LogP contribution in [0.3, 0.4) is 0 Å². The summed E-state index contributed by atoms with van der Waals surface area (Å²) in [5.41, 5.74) is 7.27. The van der Waals surface area contributed by atoms with Crippen LogP contribution in [0.1, 0.15) is 50.1 Å². The van der Waals surface area contributed by atoms with Crippen LogP contribution in [0.25, 0.3) is 0 Å². The minimum absolute atomic E-state index is 0.106. The summed E-state index contributed by atoms with van der Waals surface area (Å²) < 4.78 is 2.06. The fourth-order valence-corrected chi connectivity index (χ4v) is 2.29. The van der Waals surface area contributed by atoms with Crippen LogP contribution in [0.2, 0.25) is 0 Å². The molecule has 1 fully saturated rings. The van der Waals surface area contributed by atoms with Crippen LogP contribution < -0.4 is 5.73 Å². The van der Waals surface area contributed by atoms with Crippen molar-refractivity contribution in [2.24, 2.45) is 5.92 Å². The molecule has 0 atom stereocenters. The molecule has 0 radical (unpaired) electrons.